The number of thiophene rings is 1. The highest BCUT2D eigenvalue weighted by Crippen LogP contribution is 2.24. The summed E-state index contributed by atoms with van der Waals surface area (Å²) in [4.78, 5) is 5.36. The van der Waals surface area contributed by atoms with Crippen LogP contribution < -0.4 is 5.32 Å². The molecule has 3 rings (SSSR count). The monoisotopic (exact) mass is 273 g/mol. The molecule has 5 nitrogen and oxygen atoms in total. The third-order valence-electron chi connectivity index (χ3n) is 2.39. The minimum Gasteiger partial charge on any atom is -0.366 e. The molecule has 0 aliphatic carbocycles. The predicted molar refractivity (Wildman–Crippen MR) is 66.4 cm³/mol. The zero-order valence-electron chi connectivity index (χ0n) is 8.96. The third kappa shape index (κ3) is 2.66. The summed E-state index contributed by atoms with van der Waals surface area (Å²) in [6.07, 6.45) is -0.116. The molecule has 2 aromatic heterocycles. The van der Waals surface area contributed by atoms with Crippen LogP contribution in [-0.2, 0) is 4.74 Å². The number of aromatic nitrogens is 2. The van der Waals surface area contributed by atoms with Gasteiger partial charge in [-0.2, -0.15) is 4.98 Å². The van der Waals surface area contributed by atoms with Crippen molar-refractivity contribution in [2.45, 2.75) is 6.10 Å². The van der Waals surface area contributed by atoms with Gasteiger partial charge in [-0.1, -0.05) is 11.2 Å². The van der Waals surface area contributed by atoms with E-state index in [0.717, 1.165) is 18.0 Å². The molecule has 1 aliphatic rings. The van der Waals surface area contributed by atoms with Crippen LogP contribution in [0, 0.1) is 0 Å². The Hall–Kier alpha value is -0.950. The standard InChI is InChI=1S/C10H11N3O2S.ClH/c1-2-8(16-5-1)9-12-10(15-13-9)7-6-11-3-4-14-7;/h1-2,5,7,11H,3-4,6H2;1H. The molecule has 0 spiro atoms. The maximum absolute atomic E-state index is 5.54. The lowest BCUT2D eigenvalue weighted by Crippen LogP contribution is -2.33. The van der Waals surface area contributed by atoms with Gasteiger partial charge in [-0.15, -0.1) is 23.7 Å². The van der Waals surface area contributed by atoms with E-state index in [2.05, 4.69) is 15.5 Å². The molecule has 0 amide bonds. The van der Waals surface area contributed by atoms with E-state index in [1.54, 1.807) is 11.3 Å². The molecular weight excluding hydrogens is 262 g/mol. The van der Waals surface area contributed by atoms with Crippen molar-refractivity contribution in [2.24, 2.45) is 0 Å². The normalized spacial score (nSPS) is 19.9. The fourth-order valence-corrected chi connectivity index (χ4v) is 2.25. The maximum atomic E-state index is 5.54. The molecule has 1 aliphatic heterocycles. The van der Waals surface area contributed by atoms with E-state index < -0.39 is 0 Å². The van der Waals surface area contributed by atoms with Crippen molar-refractivity contribution in [3.63, 3.8) is 0 Å². The molecule has 3 heterocycles. The van der Waals surface area contributed by atoms with E-state index in [1.807, 2.05) is 17.5 Å². The lowest BCUT2D eigenvalue weighted by molar-refractivity contribution is 0.00755. The van der Waals surface area contributed by atoms with Crippen LogP contribution in [0.15, 0.2) is 22.0 Å². The Bertz CT molecular complexity index is 454. The lowest BCUT2D eigenvalue weighted by Gasteiger charge is -2.19. The molecular formula is C10H12ClN3O2S. The van der Waals surface area contributed by atoms with E-state index >= 15 is 0 Å². The number of rotatable bonds is 2. The van der Waals surface area contributed by atoms with E-state index in [9.17, 15) is 0 Å². The highest BCUT2D eigenvalue weighted by molar-refractivity contribution is 7.13. The summed E-state index contributed by atoms with van der Waals surface area (Å²) < 4.78 is 10.7. The van der Waals surface area contributed by atoms with E-state index in [4.69, 9.17) is 9.26 Å². The van der Waals surface area contributed by atoms with Crippen LogP contribution >= 0.6 is 23.7 Å². The van der Waals surface area contributed by atoms with Gasteiger partial charge in [0.2, 0.25) is 5.82 Å². The first-order valence-corrected chi connectivity index (χ1v) is 6.01. The van der Waals surface area contributed by atoms with Crippen LogP contribution in [0.1, 0.15) is 12.0 Å². The molecule has 92 valence electrons. The second-order valence-corrected chi connectivity index (χ2v) is 4.44. The van der Waals surface area contributed by atoms with Gasteiger partial charge in [-0.05, 0) is 11.4 Å². The second-order valence-electron chi connectivity index (χ2n) is 3.50. The Labute approximate surface area is 109 Å². The van der Waals surface area contributed by atoms with Gasteiger partial charge in [0.15, 0.2) is 0 Å². The van der Waals surface area contributed by atoms with Crippen molar-refractivity contribution in [1.29, 1.82) is 0 Å². The summed E-state index contributed by atoms with van der Waals surface area (Å²) in [5, 5.41) is 9.17. The number of morpholine rings is 1. The number of nitrogens with one attached hydrogen (secondary N) is 1. The van der Waals surface area contributed by atoms with Gasteiger partial charge in [0.25, 0.3) is 5.89 Å². The summed E-state index contributed by atoms with van der Waals surface area (Å²) in [7, 11) is 0. The summed E-state index contributed by atoms with van der Waals surface area (Å²) in [5.74, 6) is 1.19. The highest BCUT2D eigenvalue weighted by atomic mass is 35.5. The zero-order valence-corrected chi connectivity index (χ0v) is 10.6. The van der Waals surface area contributed by atoms with Gasteiger partial charge in [0.05, 0.1) is 11.5 Å². The highest BCUT2D eigenvalue weighted by Gasteiger charge is 2.22. The van der Waals surface area contributed by atoms with Crippen molar-refractivity contribution in [1.82, 2.24) is 15.5 Å². The van der Waals surface area contributed by atoms with E-state index in [-0.39, 0.29) is 18.5 Å². The minimum atomic E-state index is -0.116. The first-order valence-electron chi connectivity index (χ1n) is 5.13. The Balaban J connectivity index is 0.00000108. The van der Waals surface area contributed by atoms with Gasteiger partial charge in [0, 0.05) is 13.1 Å². The quantitative estimate of drug-likeness (QED) is 0.905. The predicted octanol–water partition coefficient (Wildman–Crippen LogP) is 1.88. The smallest absolute Gasteiger partial charge is 0.257 e. The molecule has 2 aromatic rings. The van der Waals surface area contributed by atoms with Crippen molar-refractivity contribution >= 4 is 23.7 Å². The van der Waals surface area contributed by atoms with Crippen molar-refractivity contribution in [2.75, 3.05) is 19.7 Å². The molecule has 1 fully saturated rings. The van der Waals surface area contributed by atoms with Crippen LogP contribution in [0.3, 0.4) is 0 Å². The Morgan fingerprint density at radius 3 is 3.12 bits per heavy atom. The van der Waals surface area contributed by atoms with Crippen LogP contribution in [0.5, 0.6) is 0 Å². The number of hydrogen-bond donors (Lipinski definition) is 1. The Kier molecular flexibility index (Phi) is 4.11. The second kappa shape index (κ2) is 5.59. The molecule has 0 radical (unpaired) electrons. The SMILES string of the molecule is Cl.c1csc(-c2noc(C3CNCCO3)n2)c1. The minimum absolute atomic E-state index is 0. The molecule has 1 saturated heterocycles. The first-order chi connectivity index (χ1) is 7.93. The van der Waals surface area contributed by atoms with Gasteiger partial charge in [-0.25, -0.2) is 0 Å². The summed E-state index contributed by atoms with van der Waals surface area (Å²) in [6.45, 7) is 2.29. The molecule has 0 aromatic carbocycles. The Morgan fingerprint density at radius 1 is 1.47 bits per heavy atom. The van der Waals surface area contributed by atoms with E-state index in [0.29, 0.717) is 18.3 Å². The molecule has 17 heavy (non-hydrogen) atoms. The summed E-state index contributed by atoms with van der Waals surface area (Å²) in [6, 6.07) is 3.94. The maximum Gasteiger partial charge on any atom is 0.257 e. The molecule has 1 N–H and O–H groups in total. The topological polar surface area (TPSA) is 60.2 Å². The van der Waals surface area contributed by atoms with Crippen LogP contribution in [-0.4, -0.2) is 29.8 Å². The summed E-state index contributed by atoms with van der Waals surface area (Å²) in [5.41, 5.74) is 0. The lowest BCUT2D eigenvalue weighted by atomic mass is 10.3. The van der Waals surface area contributed by atoms with Crippen molar-refractivity contribution in [3.8, 4) is 10.7 Å². The first kappa shape index (κ1) is 12.5. The number of nitrogens with zero attached hydrogens (tertiary/aromatic N) is 2. The van der Waals surface area contributed by atoms with Crippen molar-refractivity contribution < 1.29 is 9.26 Å². The third-order valence-corrected chi connectivity index (χ3v) is 3.25. The van der Waals surface area contributed by atoms with Gasteiger partial charge >= 0.3 is 0 Å². The average Bonchev–Trinajstić information content (AvgIpc) is 3.01. The van der Waals surface area contributed by atoms with Crippen LogP contribution in [0.4, 0.5) is 0 Å². The molecule has 0 bridgehead atoms. The average molecular weight is 274 g/mol. The van der Waals surface area contributed by atoms with E-state index in [1.165, 1.54) is 0 Å². The number of halogens is 1. The summed E-state index contributed by atoms with van der Waals surface area (Å²) >= 11 is 1.59. The molecule has 0 saturated carbocycles. The molecule has 1 unspecified atom stereocenters. The van der Waals surface area contributed by atoms with Gasteiger partial charge in [-0.3, -0.25) is 0 Å². The van der Waals surface area contributed by atoms with Crippen LogP contribution in [0.2, 0.25) is 0 Å². The molecule has 7 heteroatoms. The van der Waals surface area contributed by atoms with Crippen molar-refractivity contribution in [3.05, 3.63) is 23.4 Å². The largest absolute Gasteiger partial charge is 0.366 e. The molecule has 1 atom stereocenters. The number of ether oxygens (including phenoxy) is 1. The fourth-order valence-electron chi connectivity index (χ4n) is 1.60. The fraction of sp³-hybridized carbons (Fsp3) is 0.400. The van der Waals surface area contributed by atoms with Gasteiger partial charge < -0.3 is 14.6 Å². The van der Waals surface area contributed by atoms with Crippen LogP contribution in [0.25, 0.3) is 10.7 Å². The van der Waals surface area contributed by atoms with Gasteiger partial charge in [0.1, 0.15) is 6.10 Å². The Morgan fingerprint density at radius 2 is 2.41 bits per heavy atom. The zero-order chi connectivity index (χ0) is 10.8. The number of hydrogen-bond acceptors (Lipinski definition) is 6.